The summed E-state index contributed by atoms with van der Waals surface area (Å²) in [6.45, 7) is 0. The number of allylic oxidation sites excluding steroid dienone is 4. The Morgan fingerprint density at radius 2 is 2.00 bits per heavy atom. The van der Waals surface area contributed by atoms with Crippen LogP contribution in [-0.4, -0.2) is 0 Å². The van der Waals surface area contributed by atoms with Gasteiger partial charge in [-0.25, -0.2) is 4.39 Å². The molecule has 0 saturated carbocycles. The van der Waals surface area contributed by atoms with Gasteiger partial charge in [0.2, 0.25) is 0 Å². The summed E-state index contributed by atoms with van der Waals surface area (Å²) in [6, 6.07) is 6.97. The minimum Gasteiger partial charge on any atom is -0.207 e. The molecule has 1 heteroatoms. The van der Waals surface area contributed by atoms with E-state index in [1.54, 1.807) is 6.07 Å². The van der Waals surface area contributed by atoms with E-state index in [2.05, 4.69) is 6.08 Å². The fourth-order valence-corrected chi connectivity index (χ4v) is 1.59. The molecule has 0 unspecified atom stereocenters. The van der Waals surface area contributed by atoms with Crippen LogP contribution in [0.4, 0.5) is 4.39 Å². The van der Waals surface area contributed by atoms with Gasteiger partial charge < -0.3 is 0 Å². The van der Waals surface area contributed by atoms with Crippen molar-refractivity contribution in [1.29, 1.82) is 0 Å². The van der Waals surface area contributed by atoms with E-state index in [-0.39, 0.29) is 11.7 Å². The maximum Gasteiger partial charge on any atom is 0.127 e. The maximum atomic E-state index is 13.3. The highest BCUT2D eigenvalue weighted by molar-refractivity contribution is 5.29. The monoisotopic (exact) mass is 174 g/mol. The summed E-state index contributed by atoms with van der Waals surface area (Å²) in [5.41, 5.74) is 0.795. The van der Waals surface area contributed by atoms with Gasteiger partial charge in [-0.05, 0) is 18.1 Å². The first-order valence-corrected chi connectivity index (χ1v) is 4.45. The third-order valence-corrected chi connectivity index (χ3v) is 2.29. The minimum atomic E-state index is -0.104. The van der Waals surface area contributed by atoms with E-state index in [4.69, 9.17) is 0 Å². The highest BCUT2D eigenvalue weighted by atomic mass is 19.1. The summed E-state index contributed by atoms with van der Waals surface area (Å²) in [5.74, 6) is 0.110. The molecule has 1 aromatic carbocycles. The van der Waals surface area contributed by atoms with Crippen molar-refractivity contribution in [1.82, 2.24) is 0 Å². The highest BCUT2D eigenvalue weighted by Gasteiger charge is 2.11. The Morgan fingerprint density at radius 3 is 2.69 bits per heavy atom. The van der Waals surface area contributed by atoms with Crippen LogP contribution >= 0.6 is 0 Å². The number of benzene rings is 1. The molecule has 1 atom stereocenters. The van der Waals surface area contributed by atoms with Crippen LogP contribution in [0.25, 0.3) is 0 Å². The molecule has 0 saturated heterocycles. The van der Waals surface area contributed by atoms with Crippen molar-refractivity contribution in [3.63, 3.8) is 0 Å². The van der Waals surface area contributed by atoms with E-state index >= 15 is 0 Å². The molecule has 0 N–H and O–H groups in total. The summed E-state index contributed by atoms with van der Waals surface area (Å²) in [4.78, 5) is 0. The van der Waals surface area contributed by atoms with Crippen LogP contribution in [-0.2, 0) is 0 Å². The van der Waals surface area contributed by atoms with E-state index in [1.807, 2.05) is 30.4 Å². The molecule has 0 fully saturated rings. The molecule has 0 aliphatic heterocycles. The van der Waals surface area contributed by atoms with Gasteiger partial charge in [0.1, 0.15) is 5.82 Å². The van der Waals surface area contributed by atoms with Crippen LogP contribution < -0.4 is 0 Å². The fraction of sp³-hybridized carbons (Fsp3) is 0.167. The standard InChI is InChI=1S/C12H11F/c13-12-9-5-4-8-11(12)10-6-2-1-3-7-10/h1-6,8-10H,7H2/t10-/m0/s1. The van der Waals surface area contributed by atoms with Gasteiger partial charge in [-0.15, -0.1) is 0 Å². The molecule has 2 rings (SSSR count). The van der Waals surface area contributed by atoms with Crippen molar-refractivity contribution in [3.05, 3.63) is 60.0 Å². The molecule has 0 radical (unpaired) electrons. The average molecular weight is 174 g/mol. The Labute approximate surface area is 77.4 Å². The van der Waals surface area contributed by atoms with Gasteiger partial charge in [-0.3, -0.25) is 0 Å². The van der Waals surface area contributed by atoms with E-state index in [0.29, 0.717) is 0 Å². The molecule has 1 aromatic rings. The molecule has 1 aliphatic rings. The summed E-state index contributed by atoms with van der Waals surface area (Å²) in [6.07, 6.45) is 8.98. The van der Waals surface area contributed by atoms with Gasteiger partial charge in [-0.1, -0.05) is 42.5 Å². The second kappa shape index (κ2) is 3.56. The van der Waals surface area contributed by atoms with Crippen molar-refractivity contribution >= 4 is 0 Å². The summed E-state index contributed by atoms with van der Waals surface area (Å²) in [7, 11) is 0. The molecule has 0 amide bonds. The predicted molar refractivity (Wildman–Crippen MR) is 52.0 cm³/mol. The molecule has 13 heavy (non-hydrogen) atoms. The lowest BCUT2D eigenvalue weighted by atomic mass is 9.92. The van der Waals surface area contributed by atoms with Gasteiger partial charge in [0, 0.05) is 5.92 Å². The normalized spacial score (nSPS) is 20.5. The molecule has 0 aromatic heterocycles. The van der Waals surface area contributed by atoms with Crippen LogP contribution in [0.15, 0.2) is 48.6 Å². The van der Waals surface area contributed by atoms with Crippen LogP contribution in [0.2, 0.25) is 0 Å². The van der Waals surface area contributed by atoms with Crippen LogP contribution in [0.5, 0.6) is 0 Å². The highest BCUT2D eigenvalue weighted by Crippen LogP contribution is 2.26. The first kappa shape index (κ1) is 8.24. The predicted octanol–water partition coefficient (Wildman–Crippen LogP) is 3.43. The minimum absolute atomic E-state index is 0.104. The number of halogens is 1. The van der Waals surface area contributed by atoms with Gasteiger partial charge >= 0.3 is 0 Å². The largest absolute Gasteiger partial charge is 0.207 e. The van der Waals surface area contributed by atoms with Crippen LogP contribution in [0.1, 0.15) is 17.9 Å². The Kier molecular flexibility index (Phi) is 2.26. The van der Waals surface area contributed by atoms with E-state index < -0.39 is 0 Å². The van der Waals surface area contributed by atoms with Crippen LogP contribution in [0.3, 0.4) is 0 Å². The second-order valence-electron chi connectivity index (χ2n) is 3.18. The third kappa shape index (κ3) is 1.69. The Hall–Kier alpha value is -1.37. The summed E-state index contributed by atoms with van der Waals surface area (Å²) < 4.78 is 13.3. The molecular formula is C12H11F. The number of hydrogen-bond acceptors (Lipinski definition) is 0. The summed E-state index contributed by atoms with van der Waals surface area (Å²) in [5, 5.41) is 0. The Balaban J connectivity index is 2.30. The number of hydrogen-bond donors (Lipinski definition) is 0. The lowest BCUT2D eigenvalue weighted by Crippen LogP contribution is -1.98. The first-order chi connectivity index (χ1) is 6.38. The van der Waals surface area contributed by atoms with Gasteiger partial charge in [-0.2, -0.15) is 0 Å². The molecule has 0 spiro atoms. The zero-order valence-electron chi connectivity index (χ0n) is 7.28. The van der Waals surface area contributed by atoms with E-state index in [9.17, 15) is 4.39 Å². The first-order valence-electron chi connectivity index (χ1n) is 4.45. The van der Waals surface area contributed by atoms with Crippen molar-refractivity contribution < 1.29 is 4.39 Å². The Morgan fingerprint density at radius 1 is 1.15 bits per heavy atom. The van der Waals surface area contributed by atoms with Crippen molar-refractivity contribution in [2.24, 2.45) is 0 Å². The van der Waals surface area contributed by atoms with Gasteiger partial charge in [0.05, 0.1) is 0 Å². The summed E-state index contributed by atoms with van der Waals surface area (Å²) >= 11 is 0. The molecule has 0 nitrogen and oxygen atoms in total. The van der Waals surface area contributed by atoms with Crippen LogP contribution in [0, 0.1) is 5.82 Å². The lowest BCUT2D eigenvalue weighted by Gasteiger charge is -2.13. The number of rotatable bonds is 1. The zero-order chi connectivity index (χ0) is 9.10. The molecular weight excluding hydrogens is 163 g/mol. The van der Waals surface area contributed by atoms with Gasteiger partial charge in [0.25, 0.3) is 0 Å². The lowest BCUT2D eigenvalue weighted by molar-refractivity contribution is 0.599. The molecule has 1 aliphatic carbocycles. The van der Waals surface area contributed by atoms with Crippen molar-refractivity contribution in [3.8, 4) is 0 Å². The van der Waals surface area contributed by atoms with Crippen molar-refractivity contribution in [2.75, 3.05) is 0 Å². The molecule has 0 heterocycles. The van der Waals surface area contributed by atoms with Crippen molar-refractivity contribution in [2.45, 2.75) is 12.3 Å². The fourth-order valence-electron chi connectivity index (χ4n) is 1.59. The second-order valence-corrected chi connectivity index (χ2v) is 3.18. The molecule has 66 valence electrons. The SMILES string of the molecule is Fc1ccccc1[C@H]1C=CC=CC1. The zero-order valence-corrected chi connectivity index (χ0v) is 7.28. The van der Waals surface area contributed by atoms with E-state index in [0.717, 1.165) is 12.0 Å². The topological polar surface area (TPSA) is 0 Å². The quantitative estimate of drug-likeness (QED) is 0.612. The van der Waals surface area contributed by atoms with E-state index in [1.165, 1.54) is 6.07 Å². The maximum absolute atomic E-state index is 13.3. The van der Waals surface area contributed by atoms with Gasteiger partial charge in [0.15, 0.2) is 0 Å². The third-order valence-electron chi connectivity index (χ3n) is 2.29. The smallest absolute Gasteiger partial charge is 0.127 e. The Bertz CT molecular complexity index is 350. The average Bonchev–Trinajstić information content (AvgIpc) is 2.20. The molecule has 0 bridgehead atoms.